The predicted octanol–water partition coefficient (Wildman–Crippen LogP) is 3.76. The Labute approximate surface area is 197 Å². The molecule has 1 unspecified atom stereocenters. The van der Waals surface area contributed by atoms with Crippen LogP contribution in [0.5, 0.6) is 5.75 Å². The van der Waals surface area contributed by atoms with Crippen LogP contribution in [0.15, 0.2) is 23.0 Å². The van der Waals surface area contributed by atoms with Gasteiger partial charge in [-0.3, -0.25) is 0 Å². The molecule has 0 radical (unpaired) electrons. The Morgan fingerprint density at radius 3 is 2.74 bits per heavy atom. The highest BCUT2D eigenvalue weighted by Gasteiger charge is 2.35. The fraction of sp³-hybridized carbons (Fsp3) is 0.286. The van der Waals surface area contributed by atoms with E-state index in [1.807, 2.05) is 6.92 Å². The van der Waals surface area contributed by atoms with E-state index >= 15 is 4.39 Å². The standard InChI is InChI=1S/C21H17F5N6O2S/c1-8-7-32(5-4-28-8)18-10-6-12(34-21(24,25)26)13(14(23)15(10)30-20(33)31-18)9-2-3-11(22)17-16(9)29-19(27)35-17/h2-3,6,8,28H,4-5,7H2,1H3,(H2,27,29)(H,30,31,33). The van der Waals surface area contributed by atoms with E-state index in [0.717, 1.165) is 29.5 Å². The van der Waals surface area contributed by atoms with Crippen molar-refractivity contribution in [2.75, 3.05) is 30.3 Å². The third-order valence-corrected chi connectivity index (χ3v) is 6.48. The Bertz CT molecular complexity index is 1520. The van der Waals surface area contributed by atoms with Gasteiger partial charge in [-0.1, -0.05) is 11.3 Å². The topological polar surface area (TPSA) is 109 Å². The van der Waals surface area contributed by atoms with E-state index < -0.39 is 35.0 Å². The molecule has 4 aromatic rings. The molecule has 14 heteroatoms. The second-order valence-electron chi connectivity index (χ2n) is 8.03. The molecule has 1 fully saturated rings. The normalized spacial score (nSPS) is 16.9. The molecular formula is C21H17F5N6O2S. The van der Waals surface area contributed by atoms with E-state index in [2.05, 4.69) is 25.0 Å². The number of H-pyrrole nitrogens is 1. The average molecular weight is 512 g/mol. The van der Waals surface area contributed by atoms with Gasteiger partial charge in [-0.2, -0.15) is 4.98 Å². The minimum Gasteiger partial charge on any atom is -0.405 e. The molecule has 3 heterocycles. The van der Waals surface area contributed by atoms with Crippen molar-refractivity contribution in [3.63, 3.8) is 0 Å². The van der Waals surface area contributed by atoms with Crippen LogP contribution in [0.1, 0.15) is 6.92 Å². The third-order valence-electron chi connectivity index (χ3n) is 5.59. The number of rotatable bonds is 3. The second kappa shape index (κ2) is 8.30. The van der Waals surface area contributed by atoms with Gasteiger partial charge in [0.1, 0.15) is 17.4 Å². The molecule has 0 saturated carbocycles. The van der Waals surface area contributed by atoms with Crippen LogP contribution in [0.4, 0.5) is 32.9 Å². The van der Waals surface area contributed by atoms with Gasteiger partial charge in [-0.25, -0.2) is 18.6 Å². The van der Waals surface area contributed by atoms with Gasteiger partial charge in [-0.05, 0) is 25.1 Å². The fourth-order valence-electron chi connectivity index (χ4n) is 4.23. The summed E-state index contributed by atoms with van der Waals surface area (Å²) in [6.07, 6.45) is -5.17. The number of nitrogens with zero attached hydrogens (tertiary/aromatic N) is 3. The smallest absolute Gasteiger partial charge is 0.405 e. The summed E-state index contributed by atoms with van der Waals surface area (Å²) in [6.45, 7) is 3.20. The molecule has 2 aromatic carbocycles. The van der Waals surface area contributed by atoms with E-state index in [9.17, 15) is 22.4 Å². The molecule has 4 N–H and O–H groups in total. The molecule has 1 saturated heterocycles. The molecule has 0 bridgehead atoms. The van der Waals surface area contributed by atoms with Gasteiger partial charge in [0.2, 0.25) is 0 Å². The van der Waals surface area contributed by atoms with Crippen molar-refractivity contribution in [1.29, 1.82) is 0 Å². The fourth-order valence-corrected chi connectivity index (χ4v) is 5.00. The SMILES string of the molecule is CC1CN(c2nc(=O)[nH]c3c(F)c(-c4ccc(F)c5sc(N)nc45)c(OC(F)(F)F)cc23)CCN1. The zero-order valence-electron chi connectivity index (χ0n) is 18.0. The summed E-state index contributed by atoms with van der Waals surface area (Å²) in [5.41, 5.74) is 3.48. The van der Waals surface area contributed by atoms with Crippen molar-refractivity contribution < 1.29 is 26.7 Å². The Balaban J connectivity index is 1.84. The van der Waals surface area contributed by atoms with Crippen molar-refractivity contribution in [3.05, 3.63) is 40.3 Å². The van der Waals surface area contributed by atoms with Crippen molar-refractivity contribution in [2.45, 2.75) is 19.3 Å². The number of ether oxygens (including phenoxy) is 1. The number of halogens is 5. The highest BCUT2D eigenvalue weighted by Crippen LogP contribution is 2.44. The van der Waals surface area contributed by atoms with Gasteiger partial charge < -0.3 is 25.7 Å². The summed E-state index contributed by atoms with van der Waals surface area (Å²) in [6, 6.07) is 3.02. The lowest BCUT2D eigenvalue weighted by atomic mass is 10.00. The molecule has 0 amide bonds. The molecule has 1 atom stereocenters. The average Bonchev–Trinajstić information content (AvgIpc) is 3.17. The summed E-state index contributed by atoms with van der Waals surface area (Å²) in [5, 5.41) is 3.07. The van der Waals surface area contributed by atoms with Crippen LogP contribution < -0.4 is 26.4 Å². The van der Waals surface area contributed by atoms with Crippen molar-refractivity contribution in [3.8, 4) is 16.9 Å². The number of alkyl halides is 3. The lowest BCUT2D eigenvalue weighted by Crippen LogP contribution is -2.50. The first-order valence-corrected chi connectivity index (χ1v) is 11.2. The molecule has 5 rings (SSSR count). The minimum atomic E-state index is -5.17. The molecule has 35 heavy (non-hydrogen) atoms. The molecule has 1 aliphatic rings. The van der Waals surface area contributed by atoms with E-state index in [0.29, 0.717) is 19.6 Å². The van der Waals surface area contributed by atoms with Crippen LogP contribution in [0.2, 0.25) is 0 Å². The minimum absolute atomic E-state index is 0.00229. The largest absolute Gasteiger partial charge is 0.573 e. The Hall–Kier alpha value is -3.52. The van der Waals surface area contributed by atoms with E-state index in [4.69, 9.17) is 5.73 Å². The van der Waals surface area contributed by atoms with Crippen LogP contribution in [0.25, 0.3) is 32.2 Å². The number of benzene rings is 2. The maximum absolute atomic E-state index is 16.0. The summed E-state index contributed by atoms with van der Waals surface area (Å²) in [5.74, 6) is -2.78. The van der Waals surface area contributed by atoms with Crippen LogP contribution >= 0.6 is 11.3 Å². The zero-order valence-corrected chi connectivity index (χ0v) is 18.8. The maximum Gasteiger partial charge on any atom is 0.573 e. The van der Waals surface area contributed by atoms with E-state index in [-0.39, 0.29) is 43.7 Å². The van der Waals surface area contributed by atoms with Gasteiger partial charge in [0, 0.05) is 36.6 Å². The Morgan fingerprint density at radius 1 is 1.26 bits per heavy atom. The Kier molecular flexibility index (Phi) is 5.51. The molecule has 8 nitrogen and oxygen atoms in total. The van der Waals surface area contributed by atoms with Crippen molar-refractivity contribution in [2.24, 2.45) is 0 Å². The summed E-state index contributed by atoms with van der Waals surface area (Å²) in [7, 11) is 0. The first kappa shape index (κ1) is 23.2. The quantitative estimate of drug-likeness (QED) is 0.359. The number of anilines is 2. The zero-order chi connectivity index (χ0) is 25.1. The summed E-state index contributed by atoms with van der Waals surface area (Å²) in [4.78, 5) is 24.2. The van der Waals surface area contributed by atoms with Gasteiger partial charge in [0.25, 0.3) is 0 Å². The number of fused-ring (bicyclic) bond motifs is 2. The summed E-state index contributed by atoms with van der Waals surface area (Å²) < 4.78 is 74.6. The van der Waals surface area contributed by atoms with E-state index in [1.54, 1.807) is 4.90 Å². The number of aromatic nitrogens is 3. The lowest BCUT2D eigenvalue weighted by Gasteiger charge is -2.33. The van der Waals surface area contributed by atoms with Crippen molar-refractivity contribution in [1.82, 2.24) is 20.3 Å². The number of hydrogen-bond acceptors (Lipinski definition) is 8. The molecule has 0 aliphatic carbocycles. The van der Waals surface area contributed by atoms with Crippen molar-refractivity contribution >= 4 is 43.4 Å². The number of nitrogens with one attached hydrogen (secondary N) is 2. The number of aromatic amines is 1. The van der Waals surface area contributed by atoms with Gasteiger partial charge >= 0.3 is 12.1 Å². The number of thiazole rings is 1. The summed E-state index contributed by atoms with van der Waals surface area (Å²) >= 11 is 0.766. The maximum atomic E-state index is 16.0. The van der Waals surface area contributed by atoms with Gasteiger partial charge in [0.05, 0.1) is 21.3 Å². The number of nitrogen functional groups attached to an aromatic ring is 1. The third kappa shape index (κ3) is 4.23. The van der Waals surface area contributed by atoms with Crippen LogP contribution in [-0.2, 0) is 0 Å². The molecule has 2 aromatic heterocycles. The van der Waals surface area contributed by atoms with Crippen LogP contribution in [-0.4, -0.2) is 47.0 Å². The van der Waals surface area contributed by atoms with E-state index in [1.165, 1.54) is 0 Å². The first-order chi connectivity index (χ1) is 16.5. The monoisotopic (exact) mass is 512 g/mol. The predicted molar refractivity (Wildman–Crippen MR) is 122 cm³/mol. The molecule has 1 aliphatic heterocycles. The van der Waals surface area contributed by atoms with Crippen LogP contribution in [0, 0.1) is 11.6 Å². The molecular weight excluding hydrogens is 495 g/mol. The van der Waals surface area contributed by atoms with Gasteiger partial charge in [0.15, 0.2) is 10.9 Å². The molecule has 0 spiro atoms. The number of nitrogens with two attached hydrogens (primary N) is 1. The Morgan fingerprint density at radius 2 is 2.03 bits per heavy atom. The highest BCUT2D eigenvalue weighted by atomic mass is 32.1. The van der Waals surface area contributed by atoms with Gasteiger partial charge in [-0.15, -0.1) is 13.2 Å². The molecule has 184 valence electrons. The number of hydrogen-bond donors (Lipinski definition) is 3. The number of piperazine rings is 1. The second-order valence-corrected chi connectivity index (χ2v) is 9.06. The first-order valence-electron chi connectivity index (χ1n) is 10.4. The lowest BCUT2D eigenvalue weighted by molar-refractivity contribution is -0.274. The van der Waals surface area contributed by atoms with Crippen LogP contribution in [0.3, 0.4) is 0 Å². The highest BCUT2D eigenvalue weighted by molar-refractivity contribution is 7.22.